The Morgan fingerprint density at radius 2 is 1.78 bits per heavy atom. The molecule has 3 aliphatic rings. The van der Waals surface area contributed by atoms with Crippen LogP contribution in [0.2, 0.25) is 0 Å². The quantitative estimate of drug-likeness (QED) is 0.815. The van der Waals surface area contributed by atoms with Crippen LogP contribution in [0.4, 0.5) is 0 Å². The zero-order chi connectivity index (χ0) is 18.8. The molecule has 0 saturated carbocycles. The number of hydrogen-bond acceptors (Lipinski definition) is 4. The zero-order valence-electron chi connectivity index (χ0n) is 15.5. The van der Waals surface area contributed by atoms with Crippen molar-refractivity contribution in [3.8, 4) is 0 Å². The second-order valence-electron chi connectivity index (χ2n) is 7.62. The Kier molecular flexibility index (Phi) is 5.11. The van der Waals surface area contributed by atoms with Gasteiger partial charge >= 0.3 is 0 Å². The smallest absolute Gasteiger partial charge is 0.245 e. The number of likely N-dealkylation sites (tertiary alicyclic amines) is 1. The number of nitrogens with zero attached hydrogens (tertiary/aromatic N) is 3. The van der Waals surface area contributed by atoms with Crippen molar-refractivity contribution in [1.82, 2.24) is 20.0 Å². The highest BCUT2D eigenvalue weighted by Crippen LogP contribution is 2.27. The zero-order valence-corrected chi connectivity index (χ0v) is 15.5. The lowest BCUT2D eigenvalue weighted by Gasteiger charge is -2.43. The van der Waals surface area contributed by atoms with Crippen molar-refractivity contribution in [3.63, 3.8) is 0 Å². The molecule has 1 atom stereocenters. The maximum Gasteiger partial charge on any atom is 0.245 e. The van der Waals surface area contributed by atoms with Gasteiger partial charge in [-0.3, -0.25) is 19.3 Å². The molecule has 0 aliphatic carbocycles. The van der Waals surface area contributed by atoms with E-state index in [4.69, 9.17) is 0 Å². The lowest BCUT2D eigenvalue weighted by atomic mass is 9.89. The highest BCUT2D eigenvalue weighted by Gasteiger charge is 2.40. The average Bonchev–Trinajstić information content (AvgIpc) is 2.72. The van der Waals surface area contributed by atoms with Crippen LogP contribution in [0.3, 0.4) is 0 Å². The maximum absolute atomic E-state index is 12.7. The van der Waals surface area contributed by atoms with Gasteiger partial charge in [-0.25, -0.2) is 0 Å². The van der Waals surface area contributed by atoms with Crippen LogP contribution in [0.5, 0.6) is 0 Å². The molecule has 3 fully saturated rings. The van der Waals surface area contributed by atoms with Crippen LogP contribution < -0.4 is 5.32 Å². The number of carbonyl (C=O) groups is 3. The van der Waals surface area contributed by atoms with Crippen LogP contribution in [0, 0.1) is 0 Å². The average molecular weight is 370 g/mol. The Bertz CT molecular complexity index is 715. The molecule has 1 N–H and O–H groups in total. The van der Waals surface area contributed by atoms with Crippen LogP contribution in [0.1, 0.15) is 24.3 Å². The molecule has 0 aromatic heterocycles. The summed E-state index contributed by atoms with van der Waals surface area (Å²) >= 11 is 0. The summed E-state index contributed by atoms with van der Waals surface area (Å²) in [6.45, 7) is 3.54. The first-order chi connectivity index (χ1) is 13.1. The summed E-state index contributed by atoms with van der Waals surface area (Å²) in [5.74, 6) is 0.405. The van der Waals surface area contributed by atoms with E-state index in [9.17, 15) is 14.4 Å². The number of rotatable bonds is 3. The van der Waals surface area contributed by atoms with E-state index in [1.807, 2.05) is 6.07 Å². The predicted molar refractivity (Wildman–Crippen MR) is 99.9 cm³/mol. The first kappa shape index (κ1) is 18.0. The number of carbonyl (C=O) groups excluding carboxylic acids is 3. The van der Waals surface area contributed by atoms with Crippen molar-refractivity contribution in [2.45, 2.75) is 24.8 Å². The van der Waals surface area contributed by atoms with E-state index in [1.165, 1.54) is 5.56 Å². The largest absolute Gasteiger partial charge is 0.345 e. The Morgan fingerprint density at radius 3 is 2.52 bits per heavy atom. The summed E-state index contributed by atoms with van der Waals surface area (Å²) in [6, 6.07) is 10.0. The number of hydrogen-bond donors (Lipinski definition) is 1. The molecule has 3 amide bonds. The van der Waals surface area contributed by atoms with E-state index >= 15 is 0 Å². The van der Waals surface area contributed by atoms with Crippen LogP contribution in [0.25, 0.3) is 0 Å². The lowest BCUT2D eigenvalue weighted by molar-refractivity contribution is -0.152. The van der Waals surface area contributed by atoms with Gasteiger partial charge in [-0.15, -0.1) is 0 Å². The van der Waals surface area contributed by atoms with Crippen LogP contribution in [-0.2, 0) is 14.4 Å². The van der Waals surface area contributed by atoms with E-state index in [1.54, 1.807) is 9.80 Å². The van der Waals surface area contributed by atoms with E-state index in [0.717, 1.165) is 25.9 Å². The second kappa shape index (κ2) is 7.68. The standard InChI is InChI=1S/C20H26N4O3/c25-18-12-21-20(27)17-13-23(10-11-24(17)18)19(26)14-22-8-6-16(7-9-22)15-4-2-1-3-5-15/h1-5,16-17H,6-14H2,(H,21,27). The molecular weight excluding hydrogens is 344 g/mol. The number of piperazine rings is 2. The highest BCUT2D eigenvalue weighted by atomic mass is 16.2. The minimum atomic E-state index is -0.534. The molecule has 144 valence electrons. The van der Waals surface area contributed by atoms with E-state index in [0.29, 0.717) is 32.1 Å². The van der Waals surface area contributed by atoms with Crippen molar-refractivity contribution < 1.29 is 14.4 Å². The normalized spacial score (nSPS) is 24.5. The van der Waals surface area contributed by atoms with Gasteiger partial charge < -0.3 is 15.1 Å². The molecular formula is C20H26N4O3. The van der Waals surface area contributed by atoms with Crippen molar-refractivity contribution in [3.05, 3.63) is 35.9 Å². The molecule has 4 rings (SSSR count). The topological polar surface area (TPSA) is 73.0 Å². The van der Waals surface area contributed by atoms with Gasteiger partial charge in [0.1, 0.15) is 6.04 Å². The van der Waals surface area contributed by atoms with Crippen molar-refractivity contribution in [2.24, 2.45) is 0 Å². The SMILES string of the molecule is O=C1NCC(=O)N2CCN(C(=O)CN3CCC(c4ccccc4)CC3)CC12. The van der Waals surface area contributed by atoms with Crippen LogP contribution in [0.15, 0.2) is 30.3 Å². The highest BCUT2D eigenvalue weighted by molar-refractivity contribution is 5.95. The fourth-order valence-electron chi connectivity index (χ4n) is 4.36. The Hall–Kier alpha value is -2.41. The van der Waals surface area contributed by atoms with Crippen LogP contribution in [-0.4, -0.2) is 84.3 Å². The molecule has 7 nitrogen and oxygen atoms in total. The Morgan fingerprint density at radius 1 is 1.04 bits per heavy atom. The first-order valence-electron chi connectivity index (χ1n) is 9.74. The first-order valence-corrected chi connectivity index (χ1v) is 9.74. The minimum absolute atomic E-state index is 0.0543. The van der Waals surface area contributed by atoms with Gasteiger partial charge in [-0.2, -0.15) is 0 Å². The van der Waals surface area contributed by atoms with Crippen molar-refractivity contribution >= 4 is 17.7 Å². The molecule has 3 saturated heterocycles. The van der Waals surface area contributed by atoms with E-state index < -0.39 is 6.04 Å². The third kappa shape index (κ3) is 3.83. The Balaban J connectivity index is 1.29. The summed E-state index contributed by atoms with van der Waals surface area (Å²) in [4.78, 5) is 42.2. The third-order valence-corrected chi connectivity index (χ3v) is 5.99. The van der Waals surface area contributed by atoms with Crippen molar-refractivity contribution in [2.75, 3.05) is 45.8 Å². The molecule has 7 heteroatoms. The number of amides is 3. The molecule has 0 bridgehead atoms. The predicted octanol–water partition coefficient (Wildman–Crippen LogP) is 0.0352. The van der Waals surface area contributed by atoms with Gasteiger partial charge in [0.2, 0.25) is 17.7 Å². The number of nitrogens with one attached hydrogen (secondary N) is 1. The summed E-state index contributed by atoms with van der Waals surface area (Å²) in [5, 5.41) is 2.61. The van der Waals surface area contributed by atoms with Gasteiger partial charge in [-0.05, 0) is 37.4 Å². The fraction of sp³-hybridized carbons (Fsp3) is 0.550. The van der Waals surface area contributed by atoms with E-state index in [2.05, 4.69) is 34.5 Å². The van der Waals surface area contributed by atoms with Gasteiger partial charge in [0.25, 0.3) is 0 Å². The van der Waals surface area contributed by atoms with Gasteiger partial charge in [0.05, 0.1) is 19.6 Å². The molecule has 3 aliphatic heterocycles. The van der Waals surface area contributed by atoms with Gasteiger partial charge in [-0.1, -0.05) is 30.3 Å². The summed E-state index contributed by atoms with van der Waals surface area (Å²) < 4.78 is 0. The molecule has 3 heterocycles. The number of benzene rings is 1. The van der Waals surface area contributed by atoms with Crippen LogP contribution >= 0.6 is 0 Å². The summed E-state index contributed by atoms with van der Waals surface area (Å²) in [7, 11) is 0. The van der Waals surface area contributed by atoms with Crippen molar-refractivity contribution in [1.29, 1.82) is 0 Å². The molecule has 1 aromatic rings. The summed E-state index contributed by atoms with van der Waals surface area (Å²) in [6.07, 6.45) is 2.12. The Labute approximate surface area is 159 Å². The van der Waals surface area contributed by atoms with Gasteiger partial charge in [0, 0.05) is 13.1 Å². The molecule has 27 heavy (non-hydrogen) atoms. The third-order valence-electron chi connectivity index (χ3n) is 5.99. The molecule has 0 spiro atoms. The lowest BCUT2D eigenvalue weighted by Crippen LogP contribution is -2.67. The second-order valence-corrected chi connectivity index (χ2v) is 7.62. The molecule has 1 aromatic carbocycles. The molecule has 1 unspecified atom stereocenters. The van der Waals surface area contributed by atoms with E-state index in [-0.39, 0.29) is 24.3 Å². The molecule has 0 radical (unpaired) electrons. The monoisotopic (exact) mass is 370 g/mol. The fourth-order valence-corrected chi connectivity index (χ4v) is 4.36. The number of piperidine rings is 1. The minimum Gasteiger partial charge on any atom is -0.345 e. The maximum atomic E-state index is 12.7. The van der Waals surface area contributed by atoms with Gasteiger partial charge in [0.15, 0.2) is 0 Å². The number of fused-ring (bicyclic) bond motifs is 1. The summed E-state index contributed by atoms with van der Waals surface area (Å²) in [5.41, 5.74) is 1.38.